The Balaban J connectivity index is 1.67. The Kier molecular flexibility index (Phi) is 3.89. The molecule has 2 N–H and O–H groups in total. The quantitative estimate of drug-likeness (QED) is 0.916. The summed E-state index contributed by atoms with van der Waals surface area (Å²) in [7, 11) is 0. The zero-order valence-electron chi connectivity index (χ0n) is 12.0. The molecule has 20 heavy (non-hydrogen) atoms. The second-order valence-electron chi connectivity index (χ2n) is 5.60. The zero-order chi connectivity index (χ0) is 13.9. The highest BCUT2D eigenvalue weighted by molar-refractivity contribution is 5.88. The van der Waals surface area contributed by atoms with Crippen molar-refractivity contribution >= 4 is 16.8 Å². The maximum atomic E-state index is 5.70. The van der Waals surface area contributed by atoms with Gasteiger partial charge in [0.15, 0.2) is 0 Å². The molecule has 1 fully saturated rings. The number of anilines is 1. The zero-order valence-corrected chi connectivity index (χ0v) is 12.0. The van der Waals surface area contributed by atoms with Gasteiger partial charge in [-0.2, -0.15) is 0 Å². The van der Waals surface area contributed by atoms with E-state index in [2.05, 4.69) is 21.7 Å². The summed E-state index contributed by atoms with van der Waals surface area (Å²) in [4.78, 5) is 9.37. The number of piperazine rings is 1. The monoisotopic (exact) mass is 274 g/mol. The lowest BCUT2D eigenvalue weighted by molar-refractivity contribution is 0.227. The number of fused-ring (bicyclic) bond motifs is 1. The van der Waals surface area contributed by atoms with Crippen LogP contribution in [0, 0.1) is 5.92 Å². The normalized spacial score (nSPS) is 18.6. The van der Waals surface area contributed by atoms with Crippen LogP contribution >= 0.6 is 0 Å². The lowest BCUT2D eigenvalue weighted by atomic mass is 10.1. The standard InChI is InChI=1S/C15H22N4O/c1-12(10-16)11-18-5-7-19(8-6-18)15-13-3-9-20-14(13)2-4-17-15/h2-4,9,12H,5-8,10-11,16H2,1H3. The molecule has 2 aromatic rings. The van der Waals surface area contributed by atoms with Crippen LogP contribution in [0.5, 0.6) is 0 Å². The van der Waals surface area contributed by atoms with Crippen molar-refractivity contribution in [1.29, 1.82) is 0 Å². The van der Waals surface area contributed by atoms with Crippen molar-refractivity contribution in [2.75, 3.05) is 44.2 Å². The summed E-state index contributed by atoms with van der Waals surface area (Å²) in [5.74, 6) is 1.61. The molecule has 0 radical (unpaired) electrons. The van der Waals surface area contributed by atoms with E-state index in [0.29, 0.717) is 5.92 Å². The second kappa shape index (κ2) is 5.81. The molecule has 0 bridgehead atoms. The van der Waals surface area contributed by atoms with Gasteiger partial charge < -0.3 is 15.1 Å². The molecule has 3 heterocycles. The molecule has 0 amide bonds. The van der Waals surface area contributed by atoms with Crippen molar-refractivity contribution in [1.82, 2.24) is 9.88 Å². The van der Waals surface area contributed by atoms with Gasteiger partial charge in [0, 0.05) is 38.9 Å². The van der Waals surface area contributed by atoms with Crippen LogP contribution < -0.4 is 10.6 Å². The third-order valence-corrected chi connectivity index (χ3v) is 4.00. The third-order valence-electron chi connectivity index (χ3n) is 4.00. The number of hydrogen-bond donors (Lipinski definition) is 1. The van der Waals surface area contributed by atoms with Gasteiger partial charge in [0.25, 0.3) is 0 Å². The van der Waals surface area contributed by atoms with Gasteiger partial charge in [-0.05, 0) is 24.6 Å². The number of hydrogen-bond acceptors (Lipinski definition) is 5. The lowest BCUT2D eigenvalue weighted by Crippen LogP contribution is -2.48. The molecular weight excluding hydrogens is 252 g/mol. The van der Waals surface area contributed by atoms with Crippen LogP contribution in [0.1, 0.15) is 6.92 Å². The summed E-state index contributed by atoms with van der Waals surface area (Å²) in [5.41, 5.74) is 6.61. The van der Waals surface area contributed by atoms with E-state index in [9.17, 15) is 0 Å². The molecule has 1 saturated heterocycles. The SMILES string of the molecule is CC(CN)CN1CCN(c2nccc3occc23)CC1. The van der Waals surface area contributed by atoms with Gasteiger partial charge in [-0.15, -0.1) is 0 Å². The van der Waals surface area contributed by atoms with E-state index < -0.39 is 0 Å². The Labute approximate surface area is 119 Å². The van der Waals surface area contributed by atoms with Gasteiger partial charge >= 0.3 is 0 Å². The van der Waals surface area contributed by atoms with Crippen LogP contribution in [-0.4, -0.2) is 49.2 Å². The number of nitrogens with zero attached hydrogens (tertiary/aromatic N) is 3. The summed E-state index contributed by atoms with van der Waals surface area (Å²) >= 11 is 0. The largest absolute Gasteiger partial charge is 0.464 e. The first-order valence-electron chi connectivity index (χ1n) is 7.27. The van der Waals surface area contributed by atoms with Crippen LogP contribution in [0.3, 0.4) is 0 Å². The lowest BCUT2D eigenvalue weighted by Gasteiger charge is -2.36. The van der Waals surface area contributed by atoms with Crippen LogP contribution in [0.2, 0.25) is 0 Å². The van der Waals surface area contributed by atoms with Crippen LogP contribution in [-0.2, 0) is 0 Å². The molecule has 5 nitrogen and oxygen atoms in total. The molecule has 1 unspecified atom stereocenters. The van der Waals surface area contributed by atoms with Crippen molar-refractivity contribution in [2.24, 2.45) is 11.7 Å². The second-order valence-corrected chi connectivity index (χ2v) is 5.60. The average Bonchev–Trinajstić information content (AvgIpc) is 2.96. The topological polar surface area (TPSA) is 58.5 Å². The highest BCUT2D eigenvalue weighted by Gasteiger charge is 2.20. The fourth-order valence-electron chi connectivity index (χ4n) is 2.79. The van der Waals surface area contributed by atoms with E-state index in [0.717, 1.165) is 56.1 Å². The van der Waals surface area contributed by atoms with E-state index in [1.807, 2.05) is 18.3 Å². The Morgan fingerprint density at radius 1 is 1.30 bits per heavy atom. The van der Waals surface area contributed by atoms with Crippen molar-refractivity contribution in [3.63, 3.8) is 0 Å². The molecule has 3 rings (SSSR count). The molecule has 2 aromatic heterocycles. The van der Waals surface area contributed by atoms with Gasteiger partial charge in [0.1, 0.15) is 11.4 Å². The summed E-state index contributed by atoms with van der Waals surface area (Å²) < 4.78 is 5.45. The van der Waals surface area contributed by atoms with Crippen molar-refractivity contribution < 1.29 is 4.42 Å². The van der Waals surface area contributed by atoms with Crippen molar-refractivity contribution in [3.05, 3.63) is 24.6 Å². The van der Waals surface area contributed by atoms with Crippen LogP contribution in [0.4, 0.5) is 5.82 Å². The molecule has 108 valence electrons. The minimum Gasteiger partial charge on any atom is -0.464 e. The van der Waals surface area contributed by atoms with Gasteiger partial charge in [-0.25, -0.2) is 4.98 Å². The maximum absolute atomic E-state index is 5.70. The van der Waals surface area contributed by atoms with E-state index in [1.165, 1.54) is 0 Å². The first-order chi connectivity index (χ1) is 9.78. The molecular formula is C15H22N4O. The predicted octanol–water partition coefficient (Wildman–Crippen LogP) is 1.54. The molecule has 5 heteroatoms. The minimum atomic E-state index is 0.567. The first-order valence-corrected chi connectivity index (χ1v) is 7.27. The number of rotatable bonds is 4. The maximum Gasteiger partial charge on any atom is 0.139 e. The summed E-state index contributed by atoms with van der Waals surface area (Å²) in [6, 6.07) is 3.92. The van der Waals surface area contributed by atoms with Gasteiger partial charge in [0.2, 0.25) is 0 Å². The Morgan fingerprint density at radius 2 is 2.10 bits per heavy atom. The predicted molar refractivity (Wildman–Crippen MR) is 80.9 cm³/mol. The number of aromatic nitrogens is 1. The highest BCUT2D eigenvalue weighted by atomic mass is 16.3. The minimum absolute atomic E-state index is 0.567. The van der Waals surface area contributed by atoms with Gasteiger partial charge in [-0.3, -0.25) is 4.90 Å². The Hall–Kier alpha value is -1.59. The molecule has 1 aliphatic heterocycles. The molecule has 0 saturated carbocycles. The Morgan fingerprint density at radius 3 is 2.85 bits per heavy atom. The van der Waals surface area contributed by atoms with Crippen molar-refractivity contribution in [3.8, 4) is 0 Å². The van der Waals surface area contributed by atoms with Crippen LogP contribution in [0.15, 0.2) is 29.0 Å². The number of nitrogens with two attached hydrogens (primary N) is 1. The number of pyridine rings is 1. The van der Waals surface area contributed by atoms with E-state index >= 15 is 0 Å². The highest BCUT2D eigenvalue weighted by Crippen LogP contribution is 2.25. The summed E-state index contributed by atoms with van der Waals surface area (Å²) in [5, 5.41) is 1.11. The summed E-state index contributed by atoms with van der Waals surface area (Å²) in [6.07, 6.45) is 3.55. The van der Waals surface area contributed by atoms with E-state index in [-0.39, 0.29) is 0 Å². The molecule has 0 aromatic carbocycles. The fraction of sp³-hybridized carbons (Fsp3) is 0.533. The Bertz CT molecular complexity index is 560. The van der Waals surface area contributed by atoms with Gasteiger partial charge in [-0.1, -0.05) is 6.92 Å². The smallest absolute Gasteiger partial charge is 0.139 e. The molecule has 1 aliphatic rings. The molecule has 0 spiro atoms. The average molecular weight is 274 g/mol. The van der Waals surface area contributed by atoms with E-state index in [4.69, 9.17) is 10.2 Å². The van der Waals surface area contributed by atoms with E-state index in [1.54, 1.807) is 6.26 Å². The van der Waals surface area contributed by atoms with Crippen molar-refractivity contribution in [2.45, 2.75) is 6.92 Å². The molecule has 0 aliphatic carbocycles. The fourth-order valence-corrected chi connectivity index (χ4v) is 2.79. The number of furan rings is 1. The summed E-state index contributed by atoms with van der Waals surface area (Å²) in [6.45, 7) is 8.22. The van der Waals surface area contributed by atoms with Gasteiger partial charge in [0.05, 0.1) is 11.6 Å². The first kappa shape index (κ1) is 13.4. The van der Waals surface area contributed by atoms with Crippen LogP contribution in [0.25, 0.3) is 11.0 Å². The third kappa shape index (κ3) is 2.64. The molecule has 1 atom stereocenters.